The zero-order valence-corrected chi connectivity index (χ0v) is 9.61. The molecule has 0 bridgehead atoms. The number of carbonyl (C=O) groups is 1. The van der Waals surface area contributed by atoms with Crippen LogP contribution in [0.2, 0.25) is 0 Å². The van der Waals surface area contributed by atoms with E-state index >= 15 is 0 Å². The van der Waals surface area contributed by atoms with Gasteiger partial charge >= 0.3 is 5.97 Å². The Morgan fingerprint density at radius 2 is 2.33 bits per heavy atom. The van der Waals surface area contributed by atoms with Crippen molar-refractivity contribution in [2.75, 3.05) is 12.3 Å². The molecule has 7 heteroatoms. The number of hydrogen-bond donors (Lipinski definition) is 1. The molecule has 0 aliphatic carbocycles. The minimum Gasteiger partial charge on any atom is -0.466 e. The van der Waals surface area contributed by atoms with Gasteiger partial charge in [0.05, 0.1) is 30.0 Å². The molecule has 0 radical (unpaired) electrons. The molecular formula is C11H11F2N3O2. The third-order valence-corrected chi connectivity index (χ3v) is 2.12. The van der Waals surface area contributed by atoms with Crippen molar-refractivity contribution in [2.24, 2.45) is 0 Å². The Labute approximate surface area is 102 Å². The number of anilines is 1. The highest BCUT2D eigenvalue weighted by atomic mass is 19.3. The maximum Gasteiger partial charge on any atom is 0.311 e. The molecule has 1 aromatic rings. The highest BCUT2D eigenvalue weighted by molar-refractivity contribution is 5.75. The topological polar surface area (TPSA) is 89.0 Å². The van der Waals surface area contributed by atoms with Gasteiger partial charge in [-0.05, 0) is 13.0 Å². The van der Waals surface area contributed by atoms with Crippen LogP contribution in [0.1, 0.15) is 30.3 Å². The first kappa shape index (κ1) is 13.8. The maximum atomic E-state index is 12.6. The van der Waals surface area contributed by atoms with Crippen molar-refractivity contribution in [2.45, 2.75) is 19.8 Å². The summed E-state index contributed by atoms with van der Waals surface area (Å²) in [4.78, 5) is 14.8. The number of nitrogens with zero attached hydrogens (tertiary/aromatic N) is 2. The summed E-state index contributed by atoms with van der Waals surface area (Å²) in [5.41, 5.74) is 4.72. The van der Waals surface area contributed by atoms with Crippen LogP contribution < -0.4 is 5.73 Å². The van der Waals surface area contributed by atoms with Gasteiger partial charge in [-0.2, -0.15) is 5.26 Å². The third-order valence-electron chi connectivity index (χ3n) is 2.12. The molecule has 0 fully saturated rings. The van der Waals surface area contributed by atoms with Crippen LogP contribution in [0.5, 0.6) is 0 Å². The molecule has 2 N–H and O–H groups in total. The summed E-state index contributed by atoms with van der Waals surface area (Å²) in [6.45, 7) is 1.78. The van der Waals surface area contributed by atoms with Crippen LogP contribution >= 0.6 is 0 Å². The molecule has 0 saturated heterocycles. The van der Waals surface area contributed by atoms with E-state index in [9.17, 15) is 13.6 Å². The number of esters is 1. The first-order chi connectivity index (χ1) is 8.49. The van der Waals surface area contributed by atoms with E-state index in [0.717, 1.165) is 6.07 Å². The second-order valence-corrected chi connectivity index (χ2v) is 3.35. The Morgan fingerprint density at radius 3 is 2.83 bits per heavy atom. The molecule has 5 nitrogen and oxygen atoms in total. The summed E-state index contributed by atoms with van der Waals surface area (Å²) in [5, 5.41) is 8.77. The molecular weight excluding hydrogens is 244 g/mol. The van der Waals surface area contributed by atoms with Crippen molar-refractivity contribution in [3.63, 3.8) is 0 Å². The first-order valence-electron chi connectivity index (χ1n) is 5.12. The Morgan fingerprint density at radius 1 is 1.67 bits per heavy atom. The number of aromatic nitrogens is 1. The van der Waals surface area contributed by atoms with E-state index in [2.05, 4.69) is 9.72 Å². The molecule has 0 saturated carbocycles. The van der Waals surface area contributed by atoms with Gasteiger partial charge < -0.3 is 10.5 Å². The van der Waals surface area contributed by atoms with Crippen LogP contribution in [-0.2, 0) is 16.0 Å². The van der Waals surface area contributed by atoms with E-state index in [1.807, 2.05) is 0 Å². The molecule has 1 heterocycles. The zero-order chi connectivity index (χ0) is 13.7. The summed E-state index contributed by atoms with van der Waals surface area (Å²) >= 11 is 0. The predicted octanol–water partition coefficient (Wildman–Crippen LogP) is 1.58. The first-order valence-corrected chi connectivity index (χ1v) is 5.12. The summed E-state index contributed by atoms with van der Waals surface area (Å²) in [6.07, 6.45) is -3.17. The van der Waals surface area contributed by atoms with Gasteiger partial charge in [-0.25, -0.2) is 13.8 Å². The quantitative estimate of drug-likeness (QED) is 0.825. The van der Waals surface area contributed by atoms with Crippen molar-refractivity contribution in [3.8, 4) is 6.07 Å². The lowest BCUT2D eigenvalue weighted by Gasteiger charge is -2.09. The number of halogens is 2. The number of rotatable bonds is 4. The molecule has 0 spiro atoms. The Kier molecular flexibility index (Phi) is 4.54. The lowest BCUT2D eigenvalue weighted by atomic mass is 10.1. The van der Waals surface area contributed by atoms with Crippen LogP contribution in [0.25, 0.3) is 0 Å². The van der Waals surface area contributed by atoms with E-state index in [1.165, 1.54) is 0 Å². The smallest absolute Gasteiger partial charge is 0.311 e. The monoisotopic (exact) mass is 255 g/mol. The molecule has 0 aliphatic heterocycles. The molecule has 18 heavy (non-hydrogen) atoms. The van der Waals surface area contributed by atoms with Gasteiger partial charge in [-0.15, -0.1) is 0 Å². The highest BCUT2D eigenvalue weighted by Gasteiger charge is 2.18. The van der Waals surface area contributed by atoms with E-state index in [0.29, 0.717) is 0 Å². The number of hydrogen-bond acceptors (Lipinski definition) is 5. The van der Waals surface area contributed by atoms with E-state index in [4.69, 9.17) is 11.0 Å². The van der Waals surface area contributed by atoms with Crippen molar-refractivity contribution in [1.29, 1.82) is 5.26 Å². The fourth-order valence-electron chi connectivity index (χ4n) is 1.32. The van der Waals surface area contributed by atoms with Gasteiger partial charge in [0.25, 0.3) is 6.43 Å². The van der Waals surface area contributed by atoms with Crippen molar-refractivity contribution < 1.29 is 18.3 Å². The SMILES string of the molecule is CCOC(=O)Cc1nc(C(F)F)cc(C#N)c1N. The molecule has 1 aromatic heterocycles. The maximum absolute atomic E-state index is 12.6. The van der Waals surface area contributed by atoms with E-state index in [1.54, 1.807) is 13.0 Å². The molecule has 0 amide bonds. The van der Waals surface area contributed by atoms with E-state index in [-0.39, 0.29) is 30.0 Å². The van der Waals surface area contributed by atoms with Gasteiger partial charge in [-0.1, -0.05) is 0 Å². The minimum absolute atomic E-state index is 0.0669. The summed E-state index contributed by atoms with van der Waals surface area (Å²) in [6, 6.07) is 2.60. The van der Waals surface area contributed by atoms with Crippen LogP contribution in [0.4, 0.5) is 14.5 Å². The number of nitrogens with two attached hydrogens (primary N) is 1. The van der Waals surface area contributed by atoms with Gasteiger partial charge in [0.2, 0.25) is 0 Å². The standard InChI is InChI=1S/C11H11F2N3O2/c1-2-18-9(17)4-7-10(15)6(5-14)3-8(16-7)11(12)13/h3,11H,2,4,15H2,1H3. The van der Waals surface area contributed by atoms with Crippen LogP contribution in [-0.4, -0.2) is 17.6 Å². The third kappa shape index (κ3) is 3.13. The van der Waals surface area contributed by atoms with Gasteiger partial charge in [0, 0.05) is 0 Å². The largest absolute Gasteiger partial charge is 0.466 e. The molecule has 96 valence electrons. The normalized spacial score (nSPS) is 10.2. The molecule has 0 unspecified atom stereocenters. The molecule has 1 rings (SSSR count). The fourth-order valence-corrected chi connectivity index (χ4v) is 1.32. The minimum atomic E-state index is -2.83. The summed E-state index contributed by atoms with van der Waals surface area (Å²) in [7, 11) is 0. The molecule has 0 atom stereocenters. The second kappa shape index (κ2) is 5.91. The van der Waals surface area contributed by atoms with Crippen molar-refractivity contribution >= 4 is 11.7 Å². The number of alkyl halides is 2. The fraction of sp³-hybridized carbons (Fsp3) is 0.364. The summed E-state index contributed by atoms with van der Waals surface area (Å²) in [5.74, 6) is -0.632. The summed E-state index contributed by atoms with van der Waals surface area (Å²) < 4.78 is 29.8. The van der Waals surface area contributed by atoms with Crippen LogP contribution in [0, 0.1) is 11.3 Å². The number of nitriles is 1. The second-order valence-electron chi connectivity index (χ2n) is 3.35. The average Bonchev–Trinajstić information content (AvgIpc) is 2.31. The molecule has 0 aromatic carbocycles. The molecule has 0 aliphatic rings. The van der Waals surface area contributed by atoms with Gasteiger partial charge in [0.15, 0.2) is 0 Å². The van der Waals surface area contributed by atoms with E-state index < -0.39 is 18.1 Å². The van der Waals surface area contributed by atoms with Crippen LogP contribution in [0.15, 0.2) is 6.07 Å². The number of ether oxygens (including phenoxy) is 1. The van der Waals surface area contributed by atoms with Crippen molar-refractivity contribution in [3.05, 3.63) is 23.0 Å². The average molecular weight is 255 g/mol. The number of carbonyl (C=O) groups excluding carboxylic acids is 1. The van der Waals surface area contributed by atoms with Crippen LogP contribution in [0.3, 0.4) is 0 Å². The lowest BCUT2D eigenvalue weighted by Crippen LogP contribution is -2.13. The predicted molar refractivity (Wildman–Crippen MR) is 58.7 cm³/mol. The number of nitrogen functional groups attached to an aromatic ring is 1. The Hall–Kier alpha value is -2.23. The Bertz CT molecular complexity index is 498. The Balaban J connectivity index is 3.14. The van der Waals surface area contributed by atoms with Crippen molar-refractivity contribution in [1.82, 2.24) is 4.98 Å². The number of pyridine rings is 1. The zero-order valence-electron chi connectivity index (χ0n) is 9.61. The van der Waals surface area contributed by atoms with Gasteiger partial charge in [-0.3, -0.25) is 4.79 Å². The van der Waals surface area contributed by atoms with Gasteiger partial charge in [0.1, 0.15) is 11.8 Å². The highest BCUT2D eigenvalue weighted by Crippen LogP contribution is 2.23. The lowest BCUT2D eigenvalue weighted by molar-refractivity contribution is -0.142.